The van der Waals surface area contributed by atoms with Crippen LogP contribution >= 0.6 is 0 Å². The molecule has 0 saturated heterocycles. The molecule has 0 aliphatic rings. The largest absolute Gasteiger partial charge is 0.494 e. The van der Waals surface area contributed by atoms with Crippen molar-refractivity contribution in [2.24, 2.45) is 0 Å². The van der Waals surface area contributed by atoms with Crippen molar-refractivity contribution in [1.82, 2.24) is 0 Å². The predicted molar refractivity (Wildman–Crippen MR) is 111 cm³/mol. The fourth-order valence-electron chi connectivity index (χ4n) is 2.61. The Kier molecular flexibility index (Phi) is 8.27. The van der Waals surface area contributed by atoms with Crippen molar-refractivity contribution in [2.75, 3.05) is 20.3 Å². The highest BCUT2D eigenvalue weighted by atomic mass is 16.5. The molecule has 154 valence electrons. The van der Waals surface area contributed by atoms with E-state index in [-0.39, 0.29) is 5.78 Å². The van der Waals surface area contributed by atoms with E-state index < -0.39 is 12.1 Å². The summed E-state index contributed by atoms with van der Waals surface area (Å²) in [6.07, 6.45) is 1.96. The van der Waals surface area contributed by atoms with Gasteiger partial charge in [0, 0.05) is 11.6 Å². The molecule has 6 heteroatoms. The van der Waals surface area contributed by atoms with Crippen LogP contribution in [0.5, 0.6) is 17.2 Å². The Hall–Kier alpha value is -3.28. The zero-order valence-corrected chi connectivity index (χ0v) is 17.1. The summed E-state index contributed by atoms with van der Waals surface area (Å²) in [6.45, 7) is 6.40. The molecule has 0 fully saturated rings. The van der Waals surface area contributed by atoms with Crippen molar-refractivity contribution in [1.29, 1.82) is 0 Å². The molecule has 0 radical (unpaired) electrons. The molecule has 0 amide bonds. The number of hydrogen-bond acceptors (Lipinski definition) is 6. The summed E-state index contributed by atoms with van der Waals surface area (Å²) in [5.41, 5.74) is 1.20. The number of rotatable bonds is 10. The van der Waals surface area contributed by atoms with Crippen LogP contribution in [0.1, 0.15) is 36.7 Å². The summed E-state index contributed by atoms with van der Waals surface area (Å²) < 4.78 is 21.3. The van der Waals surface area contributed by atoms with Gasteiger partial charge in [-0.25, -0.2) is 4.79 Å². The van der Waals surface area contributed by atoms with Crippen molar-refractivity contribution < 1.29 is 28.5 Å². The van der Waals surface area contributed by atoms with E-state index in [1.165, 1.54) is 6.08 Å². The highest BCUT2D eigenvalue weighted by Crippen LogP contribution is 2.28. The van der Waals surface area contributed by atoms with E-state index in [4.69, 9.17) is 18.9 Å². The first kappa shape index (κ1) is 22.0. The van der Waals surface area contributed by atoms with Gasteiger partial charge in [-0.15, -0.1) is 0 Å². The Morgan fingerprint density at radius 1 is 0.966 bits per heavy atom. The molecule has 2 rings (SSSR count). The van der Waals surface area contributed by atoms with Gasteiger partial charge in [0.15, 0.2) is 17.6 Å². The fourth-order valence-corrected chi connectivity index (χ4v) is 2.61. The SMILES string of the molecule is CCOc1ccc(C(=O)[C@@H](C)OC(=O)/C=C/c2ccc(OCC)c(OC)c2)cc1. The number of esters is 1. The Morgan fingerprint density at radius 2 is 1.66 bits per heavy atom. The minimum atomic E-state index is -0.903. The van der Waals surface area contributed by atoms with Crippen LogP contribution in [-0.4, -0.2) is 38.2 Å². The van der Waals surface area contributed by atoms with Crippen LogP contribution in [0.15, 0.2) is 48.5 Å². The highest BCUT2D eigenvalue weighted by molar-refractivity contribution is 6.01. The van der Waals surface area contributed by atoms with Crippen molar-refractivity contribution in [2.45, 2.75) is 26.9 Å². The monoisotopic (exact) mass is 398 g/mol. The molecule has 0 spiro atoms. The molecule has 0 aliphatic heterocycles. The van der Waals surface area contributed by atoms with Crippen LogP contribution in [0.2, 0.25) is 0 Å². The third-order valence-electron chi connectivity index (χ3n) is 4.01. The maximum atomic E-state index is 12.4. The third kappa shape index (κ3) is 6.38. The van der Waals surface area contributed by atoms with Gasteiger partial charge in [0.1, 0.15) is 5.75 Å². The lowest BCUT2D eigenvalue weighted by Gasteiger charge is -2.11. The maximum absolute atomic E-state index is 12.4. The minimum Gasteiger partial charge on any atom is -0.494 e. The van der Waals surface area contributed by atoms with Gasteiger partial charge in [-0.2, -0.15) is 0 Å². The Balaban J connectivity index is 1.97. The summed E-state index contributed by atoms with van der Waals surface area (Å²) in [5.74, 6) is 0.996. The zero-order valence-electron chi connectivity index (χ0n) is 17.1. The number of methoxy groups -OCH3 is 1. The number of ether oxygens (including phenoxy) is 4. The molecule has 0 heterocycles. The first-order valence-electron chi connectivity index (χ1n) is 9.45. The van der Waals surface area contributed by atoms with Gasteiger partial charge in [-0.3, -0.25) is 4.79 Å². The van der Waals surface area contributed by atoms with E-state index in [9.17, 15) is 9.59 Å². The molecule has 2 aromatic rings. The number of carbonyl (C=O) groups is 2. The van der Waals surface area contributed by atoms with E-state index in [1.54, 1.807) is 62.6 Å². The van der Waals surface area contributed by atoms with E-state index in [0.717, 1.165) is 5.56 Å². The van der Waals surface area contributed by atoms with Crippen molar-refractivity contribution >= 4 is 17.8 Å². The number of carbonyl (C=O) groups excluding carboxylic acids is 2. The summed E-state index contributed by atoms with van der Waals surface area (Å²) >= 11 is 0. The van der Waals surface area contributed by atoms with E-state index in [1.807, 2.05) is 13.8 Å². The van der Waals surface area contributed by atoms with Crippen molar-refractivity contribution in [3.8, 4) is 17.2 Å². The second-order valence-electron chi connectivity index (χ2n) is 6.08. The normalized spacial score (nSPS) is 11.7. The Labute approximate surface area is 171 Å². The van der Waals surface area contributed by atoms with Crippen LogP contribution in [0.25, 0.3) is 6.08 Å². The van der Waals surface area contributed by atoms with Gasteiger partial charge >= 0.3 is 5.97 Å². The third-order valence-corrected chi connectivity index (χ3v) is 4.01. The van der Waals surface area contributed by atoms with Crippen LogP contribution in [0.4, 0.5) is 0 Å². The van der Waals surface area contributed by atoms with Crippen LogP contribution in [0, 0.1) is 0 Å². The Bertz CT molecular complexity index is 854. The molecule has 0 N–H and O–H groups in total. The van der Waals surface area contributed by atoms with E-state index in [2.05, 4.69) is 0 Å². The zero-order chi connectivity index (χ0) is 21.2. The smallest absolute Gasteiger partial charge is 0.331 e. The first-order valence-corrected chi connectivity index (χ1v) is 9.45. The van der Waals surface area contributed by atoms with E-state index >= 15 is 0 Å². The summed E-state index contributed by atoms with van der Waals surface area (Å²) in [6, 6.07) is 12.1. The standard InChI is InChI=1S/C23H26O6/c1-5-27-19-11-9-18(10-12-19)23(25)16(3)29-22(24)14-8-17-7-13-20(28-6-2)21(15-17)26-4/h7-16H,5-6H2,1-4H3/b14-8+/t16-/m1/s1. The van der Waals surface area contributed by atoms with Crippen molar-refractivity contribution in [3.05, 3.63) is 59.7 Å². The van der Waals surface area contributed by atoms with Crippen molar-refractivity contribution in [3.63, 3.8) is 0 Å². The van der Waals surface area contributed by atoms with Gasteiger partial charge in [-0.1, -0.05) is 6.07 Å². The average molecular weight is 398 g/mol. The van der Waals surface area contributed by atoms with Crippen LogP contribution < -0.4 is 14.2 Å². The number of benzene rings is 2. The fraction of sp³-hybridized carbons (Fsp3) is 0.304. The van der Waals surface area contributed by atoms with Crippen LogP contribution in [-0.2, 0) is 9.53 Å². The lowest BCUT2D eigenvalue weighted by atomic mass is 10.1. The average Bonchev–Trinajstić information content (AvgIpc) is 2.73. The number of ketones is 1. The molecule has 6 nitrogen and oxygen atoms in total. The topological polar surface area (TPSA) is 71.1 Å². The second kappa shape index (κ2) is 10.9. The molecule has 0 bridgehead atoms. The highest BCUT2D eigenvalue weighted by Gasteiger charge is 2.18. The predicted octanol–water partition coefficient (Wildman–Crippen LogP) is 4.32. The molecule has 29 heavy (non-hydrogen) atoms. The Morgan fingerprint density at radius 3 is 2.28 bits per heavy atom. The number of hydrogen-bond donors (Lipinski definition) is 0. The molecular formula is C23H26O6. The second-order valence-corrected chi connectivity index (χ2v) is 6.08. The quantitative estimate of drug-likeness (QED) is 0.337. The summed E-state index contributed by atoms with van der Waals surface area (Å²) in [5, 5.41) is 0. The molecule has 0 saturated carbocycles. The summed E-state index contributed by atoms with van der Waals surface area (Å²) in [4.78, 5) is 24.5. The lowest BCUT2D eigenvalue weighted by Crippen LogP contribution is -2.23. The molecule has 2 aromatic carbocycles. The summed E-state index contributed by atoms with van der Waals surface area (Å²) in [7, 11) is 1.55. The first-order chi connectivity index (χ1) is 14.0. The van der Waals surface area contributed by atoms with E-state index in [0.29, 0.717) is 36.0 Å². The van der Waals surface area contributed by atoms with Gasteiger partial charge in [-0.05, 0) is 68.8 Å². The van der Waals surface area contributed by atoms with Gasteiger partial charge < -0.3 is 18.9 Å². The molecule has 1 atom stereocenters. The number of Topliss-reactive ketones (excluding diaryl/α,β-unsaturated/α-hetero) is 1. The van der Waals surface area contributed by atoms with Gasteiger partial charge in [0.2, 0.25) is 5.78 Å². The van der Waals surface area contributed by atoms with Crippen LogP contribution in [0.3, 0.4) is 0 Å². The lowest BCUT2D eigenvalue weighted by molar-refractivity contribution is -0.140. The molecule has 0 unspecified atom stereocenters. The maximum Gasteiger partial charge on any atom is 0.331 e. The molecule has 0 aliphatic carbocycles. The van der Waals surface area contributed by atoms with Gasteiger partial charge in [0.05, 0.1) is 20.3 Å². The minimum absolute atomic E-state index is 0.280. The molecular weight excluding hydrogens is 372 g/mol. The molecule has 0 aromatic heterocycles. The van der Waals surface area contributed by atoms with Gasteiger partial charge in [0.25, 0.3) is 0 Å².